The van der Waals surface area contributed by atoms with Crippen LogP contribution >= 0.6 is 0 Å². The minimum atomic E-state index is -4.94. The molecular weight excluding hydrogens is 422 g/mol. The molecule has 0 bridgehead atoms. The van der Waals surface area contributed by atoms with Crippen molar-refractivity contribution >= 4 is 0 Å². The summed E-state index contributed by atoms with van der Waals surface area (Å²) in [5.41, 5.74) is 0. The minimum absolute atomic E-state index is 0. The molecule has 0 aliphatic heterocycles. The Bertz CT molecular complexity index is 185. The third-order valence-electron chi connectivity index (χ3n) is 0. The van der Waals surface area contributed by atoms with Crippen molar-refractivity contribution < 1.29 is 178 Å². The van der Waals surface area contributed by atoms with Gasteiger partial charge >= 0.3 is 110 Å². The zero-order chi connectivity index (χ0) is 16.2. The van der Waals surface area contributed by atoms with Gasteiger partial charge in [-0.3, -0.25) is 0 Å². The molecule has 0 aromatic rings. The van der Waals surface area contributed by atoms with Crippen LogP contribution < -0.4 is 149 Å². The first-order valence-corrected chi connectivity index (χ1v) is 4.84. The van der Waals surface area contributed by atoms with E-state index in [4.69, 9.17) is 67.9 Å². The fourth-order valence-electron chi connectivity index (χ4n) is 0. The Labute approximate surface area is 211 Å². The molecule has 0 fully saturated rings. The number of rotatable bonds is 0. The quantitative estimate of drug-likeness (QED) is 0.206. The molecule has 0 amide bonds. The van der Waals surface area contributed by atoms with Crippen LogP contribution in [0.5, 0.6) is 0 Å². The maximum Gasteiger partial charge on any atom is 1.00 e. The van der Waals surface area contributed by atoms with Crippen LogP contribution in [0.3, 0.4) is 0 Å². The fraction of sp³-hybridized carbons (Fsp3) is 0. The molecule has 0 heterocycles. The Balaban J connectivity index is -0.0000000188. The van der Waals surface area contributed by atoms with Crippen LogP contribution in [0.25, 0.3) is 0 Å². The average molecular weight is 426 g/mol. The molecule has 0 aliphatic carbocycles. The molecule has 0 rings (SSSR count). The van der Waals surface area contributed by atoms with Crippen molar-refractivity contribution in [3.63, 3.8) is 0 Å². The molecule has 17 nitrogen and oxygen atoms in total. The maximum atomic E-state index is 8.60. The van der Waals surface area contributed by atoms with Crippen LogP contribution in [0.15, 0.2) is 0 Å². The number of hydrogen-bond acceptors (Lipinski definition) is 15. The first-order chi connectivity index (χ1) is 7.46. The predicted molar refractivity (Wildman–Crippen MR) is 28.0 cm³/mol. The maximum absolute atomic E-state index is 8.60. The first kappa shape index (κ1) is 49.6. The SMILES string of the molecule is N.O=[N+]([O-])[O-].O=[N+]([O-])[O-].[K+].[Na+].[Na+].[O-][Cl+3]([O-])([O-])O.[O-][Cl+3]([O-])([O-])[O-]. The molecule has 0 saturated heterocycles. The Morgan fingerprint density at radius 3 is 0.682 bits per heavy atom. The van der Waals surface area contributed by atoms with E-state index in [2.05, 4.69) is 0 Å². The van der Waals surface area contributed by atoms with E-state index in [0.29, 0.717) is 0 Å². The largest absolute Gasteiger partial charge is 1.00 e. The van der Waals surface area contributed by atoms with Gasteiger partial charge in [0.1, 0.15) is 0 Å². The average Bonchev–Trinajstić information content (AvgIpc) is 1.70. The van der Waals surface area contributed by atoms with Crippen LogP contribution in [0.1, 0.15) is 0 Å². The van der Waals surface area contributed by atoms with Crippen molar-refractivity contribution in [2.75, 3.05) is 0 Å². The van der Waals surface area contributed by atoms with Gasteiger partial charge in [0, 0.05) is 0 Å². The second-order valence-electron chi connectivity index (χ2n) is 1.22. The fourth-order valence-corrected chi connectivity index (χ4v) is 0. The van der Waals surface area contributed by atoms with Crippen LogP contribution in [0, 0.1) is 51.1 Å². The molecule has 0 saturated carbocycles. The Morgan fingerprint density at radius 1 is 0.682 bits per heavy atom. The third kappa shape index (κ3) is 1980. The van der Waals surface area contributed by atoms with E-state index >= 15 is 0 Å². The van der Waals surface area contributed by atoms with E-state index in [-0.39, 0.29) is 117 Å². The van der Waals surface area contributed by atoms with Crippen molar-refractivity contribution in [3.05, 3.63) is 30.6 Å². The van der Waals surface area contributed by atoms with Crippen molar-refractivity contribution in [1.82, 2.24) is 6.15 Å². The minimum Gasteiger partial charge on any atom is -0.356 e. The normalized spacial score (nSPS) is 7.64. The summed E-state index contributed by atoms with van der Waals surface area (Å²) in [5, 5.41) is 29.5. The molecule has 0 spiro atoms. The van der Waals surface area contributed by atoms with Crippen LogP contribution in [-0.2, 0) is 0 Å². The van der Waals surface area contributed by atoms with E-state index in [1.165, 1.54) is 0 Å². The molecule has 0 aromatic heterocycles. The summed E-state index contributed by atoms with van der Waals surface area (Å²) in [5.74, 6) is 0. The molecule has 0 aliphatic rings. The standard InChI is InChI=1S/2ClHO4.K.2NO3.H3N.2Na/c2*2-1(3,4)5;;2*2-1(3)4;;;/h2*(H,2,3,4,5);;;;1H3;;/q;;+1;2*-1;;2*+1/p-1. The summed E-state index contributed by atoms with van der Waals surface area (Å²) in [6, 6.07) is 0. The van der Waals surface area contributed by atoms with Crippen LogP contribution in [-0.4, -0.2) is 14.8 Å². The zero-order valence-corrected chi connectivity index (χ0v) is 19.7. The second kappa shape index (κ2) is 28.1. The van der Waals surface area contributed by atoms with E-state index in [0.717, 1.165) is 0 Å². The Hall–Kier alpha value is 2.26. The van der Waals surface area contributed by atoms with Gasteiger partial charge in [0.05, 0.1) is 25.1 Å². The Kier molecular flexibility index (Phi) is 63.4. The molecular formula is H4Cl2KN3Na2O14. The topological polar surface area (TPSA) is 349 Å². The van der Waals surface area contributed by atoms with Gasteiger partial charge < -0.3 is 36.8 Å². The van der Waals surface area contributed by atoms with E-state index in [1.54, 1.807) is 0 Å². The van der Waals surface area contributed by atoms with Gasteiger partial charge in [0.15, 0.2) is 0 Å². The molecule has 0 atom stereocenters. The number of halogens is 2. The van der Waals surface area contributed by atoms with Crippen molar-refractivity contribution in [3.8, 4) is 0 Å². The summed E-state index contributed by atoms with van der Waals surface area (Å²) in [6.45, 7) is 0. The number of nitrogens with zero attached hydrogens (tertiary/aromatic N) is 2. The van der Waals surface area contributed by atoms with Gasteiger partial charge in [-0.25, -0.2) is 18.6 Å². The Morgan fingerprint density at radius 2 is 0.682 bits per heavy atom. The van der Waals surface area contributed by atoms with Crippen LogP contribution in [0.2, 0.25) is 0 Å². The molecule has 120 valence electrons. The van der Waals surface area contributed by atoms with E-state index in [1.807, 2.05) is 0 Å². The van der Waals surface area contributed by atoms with E-state index < -0.39 is 30.7 Å². The van der Waals surface area contributed by atoms with Gasteiger partial charge in [-0.15, -0.1) is 10.2 Å². The molecule has 22 heavy (non-hydrogen) atoms. The molecule has 0 radical (unpaired) electrons. The third-order valence-corrected chi connectivity index (χ3v) is 0. The smallest absolute Gasteiger partial charge is 0.356 e. The van der Waals surface area contributed by atoms with Gasteiger partial charge in [-0.1, -0.05) is 0 Å². The van der Waals surface area contributed by atoms with Gasteiger partial charge in [0.25, 0.3) is 0 Å². The number of hydrogen-bond donors (Lipinski definition) is 2. The summed E-state index contributed by atoms with van der Waals surface area (Å²) in [4.78, 5) is 16.5. The monoisotopic (exact) mass is 425 g/mol. The molecule has 0 unspecified atom stereocenters. The van der Waals surface area contributed by atoms with Crippen molar-refractivity contribution in [2.45, 2.75) is 0 Å². The van der Waals surface area contributed by atoms with Crippen molar-refractivity contribution in [1.29, 1.82) is 0 Å². The summed E-state index contributed by atoms with van der Waals surface area (Å²) in [6.07, 6.45) is 0. The molecule has 22 heteroatoms. The van der Waals surface area contributed by atoms with Crippen molar-refractivity contribution in [2.24, 2.45) is 0 Å². The van der Waals surface area contributed by atoms with Gasteiger partial charge in [0.2, 0.25) is 0 Å². The first-order valence-electron chi connectivity index (χ1n) is 2.34. The molecule has 4 N–H and O–H groups in total. The zero-order valence-electron chi connectivity index (χ0n) is 11.1. The van der Waals surface area contributed by atoms with Crippen LogP contribution in [0.4, 0.5) is 0 Å². The predicted octanol–water partition coefficient (Wildman–Crippen LogP) is -18.2. The summed E-state index contributed by atoms with van der Waals surface area (Å²) < 4.78 is 66.7. The summed E-state index contributed by atoms with van der Waals surface area (Å²) in [7, 11) is -9.64. The molecule has 0 aromatic carbocycles. The summed E-state index contributed by atoms with van der Waals surface area (Å²) >= 11 is 0. The second-order valence-corrected chi connectivity index (χ2v) is 2.77. The van der Waals surface area contributed by atoms with E-state index in [9.17, 15) is 0 Å². The van der Waals surface area contributed by atoms with Gasteiger partial charge in [-0.05, 0) is 0 Å². The van der Waals surface area contributed by atoms with Gasteiger partial charge in [-0.2, -0.15) is 14.0 Å².